The second-order valence-corrected chi connectivity index (χ2v) is 18.3. The third-order valence-corrected chi connectivity index (χ3v) is 14.7. The summed E-state index contributed by atoms with van der Waals surface area (Å²) in [6.45, 7) is 0. The Kier molecular flexibility index (Phi) is 7.89. The summed E-state index contributed by atoms with van der Waals surface area (Å²) in [5, 5.41) is 18.0. The monoisotopic (exact) mass is 840 g/mol. The van der Waals surface area contributed by atoms with Crippen molar-refractivity contribution in [2.75, 3.05) is 0 Å². The molecule has 0 fully saturated rings. The van der Waals surface area contributed by atoms with Gasteiger partial charge in [-0.2, -0.15) is 0 Å². The fraction of sp³-hybridized carbons (Fsp3) is 0. The van der Waals surface area contributed by atoms with Crippen molar-refractivity contribution >= 4 is 96.1 Å². The maximum atomic E-state index is 5.22. The van der Waals surface area contributed by atoms with Crippen LogP contribution in [-0.4, -0.2) is 9.97 Å². The fourth-order valence-electron chi connectivity index (χ4n) is 10.6. The molecule has 0 saturated heterocycles. The minimum absolute atomic E-state index is 0.716. The Balaban J connectivity index is 0.908. The number of benzene rings is 11. The summed E-state index contributed by atoms with van der Waals surface area (Å²) in [5.41, 5.74) is 9.69. The van der Waals surface area contributed by atoms with Crippen molar-refractivity contribution in [3.05, 3.63) is 218 Å². The van der Waals surface area contributed by atoms with Crippen LogP contribution in [-0.2, 0) is 0 Å². The standard InChI is InChI=1S/C62H36N2S/c1-2-11-42(12-3-1)62-63-53(36-54(64-62)50-22-10-24-56-61(50)51-18-4-5-23-55(51)65-56)38-27-25-37(26-28-38)43-16-6-17-44(33-43)46-34-45-32-31-41-14-8-20-48-47-19-7-13-39-29-30-40-15-9-21-49(59(40)57(39)47)52(35-46)60(45)58(41)48/h1-36H. The largest absolute Gasteiger partial charge is 0.228 e. The van der Waals surface area contributed by atoms with Gasteiger partial charge < -0.3 is 0 Å². The van der Waals surface area contributed by atoms with E-state index in [1.807, 2.05) is 17.4 Å². The highest BCUT2D eigenvalue weighted by atomic mass is 32.1. The van der Waals surface area contributed by atoms with Gasteiger partial charge in [0.25, 0.3) is 0 Å². The van der Waals surface area contributed by atoms with Crippen molar-refractivity contribution in [3.63, 3.8) is 0 Å². The molecule has 0 aliphatic rings. The lowest BCUT2D eigenvalue weighted by Crippen LogP contribution is -1.96. The minimum atomic E-state index is 0.716. The highest BCUT2D eigenvalue weighted by molar-refractivity contribution is 7.25. The summed E-state index contributed by atoms with van der Waals surface area (Å²) in [6.07, 6.45) is 0. The molecule has 0 atom stereocenters. The molecule has 3 heteroatoms. The second-order valence-electron chi connectivity index (χ2n) is 17.2. The molecule has 0 saturated carbocycles. The summed E-state index contributed by atoms with van der Waals surface area (Å²) < 4.78 is 2.54. The molecule has 300 valence electrons. The van der Waals surface area contributed by atoms with Gasteiger partial charge in [0.05, 0.1) is 11.4 Å². The van der Waals surface area contributed by atoms with Crippen LogP contribution < -0.4 is 0 Å². The van der Waals surface area contributed by atoms with Crippen molar-refractivity contribution in [1.82, 2.24) is 9.97 Å². The number of hydrogen-bond donors (Lipinski definition) is 0. The molecule has 0 unspecified atom stereocenters. The van der Waals surface area contributed by atoms with Gasteiger partial charge in [0, 0.05) is 36.9 Å². The van der Waals surface area contributed by atoms with Gasteiger partial charge in [0.15, 0.2) is 5.82 Å². The molecule has 65 heavy (non-hydrogen) atoms. The number of rotatable bonds is 5. The Morgan fingerprint density at radius 2 is 0.785 bits per heavy atom. The molecule has 2 aromatic heterocycles. The second kappa shape index (κ2) is 14.1. The molecule has 0 aliphatic carbocycles. The van der Waals surface area contributed by atoms with E-state index in [1.54, 1.807) is 0 Å². The summed E-state index contributed by atoms with van der Waals surface area (Å²) >= 11 is 1.83. The number of aromatic nitrogens is 2. The normalized spacial score (nSPS) is 12.0. The smallest absolute Gasteiger partial charge is 0.160 e. The van der Waals surface area contributed by atoms with E-state index >= 15 is 0 Å². The van der Waals surface area contributed by atoms with Gasteiger partial charge in [-0.25, -0.2) is 9.97 Å². The summed E-state index contributed by atoms with van der Waals surface area (Å²) in [4.78, 5) is 10.4. The molecule has 12 aromatic carbocycles. The number of thiophene rings is 1. The lowest BCUT2D eigenvalue weighted by molar-refractivity contribution is 1.19. The molecule has 0 bridgehead atoms. The fourth-order valence-corrected chi connectivity index (χ4v) is 11.7. The molecule has 0 radical (unpaired) electrons. The predicted molar refractivity (Wildman–Crippen MR) is 278 cm³/mol. The van der Waals surface area contributed by atoms with Crippen molar-refractivity contribution in [2.45, 2.75) is 0 Å². The van der Waals surface area contributed by atoms with Crippen LogP contribution in [0, 0.1) is 0 Å². The Morgan fingerprint density at radius 3 is 1.51 bits per heavy atom. The molecule has 0 aliphatic heterocycles. The van der Waals surface area contributed by atoms with Crippen LogP contribution in [0.4, 0.5) is 0 Å². The van der Waals surface area contributed by atoms with E-state index in [4.69, 9.17) is 9.97 Å². The Hall–Kier alpha value is -8.24. The van der Waals surface area contributed by atoms with Gasteiger partial charge in [0.2, 0.25) is 0 Å². The Labute approximate surface area is 378 Å². The van der Waals surface area contributed by atoms with E-state index in [2.05, 4.69) is 212 Å². The van der Waals surface area contributed by atoms with Gasteiger partial charge >= 0.3 is 0 Å². The van der Waals surface area contributed by atoms with Crippen LogP contribution in [0.25, 0.3) is 141 Å². The molecule has 14 rings (SSSR count). The zero-order chi connectivity index (χ0) is 42.6. The first-order chi connectivity index (χ1) is 32.2. The van der Waals surface area contributed by atoms with E-state index in [0.29, 0.717) is 5.82 Å². The van der Waals surface area contributed by atoms with Crippen molar-refractivity contribution < 1.29 is 0 Å². The van der Waals surface area contributed by atoms with Gasteiger partial charge in [-0.15, -0.1) is 11.3 Å². The molecule has 0 N–H and O–H groups in total. The van der Waals surface area contributed by atoms with Crippen LogP contribution in [0.5, 0.6) is 0 Å². The molecule has 14 aromatic rings. The van der Waals surface area contributed by atoms with Crippen LogP contribution in [0.1, 0.15) is 0 Å². The lowest BCUT2D eigenvalue weighted by Gasteiger charge is -2.17. The van der Waals surface area contributed by atoms with Gasteiger partial charge in [-0.05, 0) is 123 Å². The first-order valence-corrected chi connectivity index (χ1v) is 23.0. The van der Waals surface area contributed by atoms with Crippen molar-refractivity contribution in [3.8, 4) is 56.2 Å². The molecular weight excluding hydrogens is 805 g/mol. The van der Waals surface area contributed by atoms with Gasteiger partial charge in [0.1, 0.15) is 0 Å². The first kappa shape index (κ1) is 36.3. The zero-order valence-electron chi connectivity index (χ0n) is 35.1. The SMILES string of the molecule is c1ccc(-c2nc(-c3ccc(-c4cccc(-c5cc6ccc7cccc8c9cccc%10ccc%11cccc(c(c5)c6c78)c%11c%109)c4)cc3)cc(-c3cccc4sc5ccccc5c34)n2)cc1. The third-order valence-electron chi connectivity index (χ3n) is 13.6. The molecule has 0 spiro atoms. The van der Waals surface area contributed by atoms with Gasteiger partial charge in [-0.3, -0.25) is 0 Å². The first-order valence-electron chi connectivity index (χ1n) is 22.2. The zero-order valence-corrected chi connectivity index (χ0v) is 35.9. The van der Waals surface area contributed by atoms with E-state index in [9.17, 15) is 0 Å². The van der Waals surface area contributed by atoms with E-state index < -0.39 is 0 Å². The van der Waals surface area contributed by atoms with Gasteiger partial charge in [-0.1, -0.05) is 182 Å². The van der Waals surface area contributed by atoms with E-state index in [1.165, 1.54) is 101 Å². The summed E-state index contributed by atoms with van der Waals surface area (Å²) in [5.74, 6) is 0.716. The van der Waals surface area contributed by atoms with Crippen molar-refractivity contribution in [1.29, 1.82) is 0 Å². The molecular formula is C62H36N2S. The quantitative estimate of drug-likeness (QED) is 0.161. The van der Waals surface area contributed by atoms with Crippen LogP contribution in [0.15, 0.2) is 218 Å². The molecule has 0 amide bonds. The number of hydrogen-bond acceptors (Lipinski definition) is 3. The summed E-state index contributed by atoms with van der Waals surface area (Å²) in [7, 11) is 0. The lowest BCUT2D eigenvalue weighted by atomic mass is 9.86. The Bertz CT molecular complexity index is 4220. The highest BCUT2D eigenvalue weighted by Crippen LogP contribution is 2.45. The maximum Gasteiger partial charge on any atom is 0.160 e. The highest BCUT2D eigenvalue weighted by Gasteiger charge is 2.18. The molecule has 2 nitrogen and oxygen atoms in total. The molecule has 2 heterocycles. The van der Waals surface area contributed by atoms with Crippen LogP contribution in [0.3, 0.4) is 0 Å². The minimum Gasteiger partial charge on any atom is -0.228 e. The van der Waals surface area contributed by atoms with Crippen LogP contribution >= 0.6 is 11.3 Å². The third kappa shape index (κ3) is 5.66. The maximum absolute atomic E-state index is 5.22. The number of fused-ring (bicyclic) bond motifs is 5. The topological polar surface area (TPSA) is 25.8 Å². The van der Waals surface area contributed by atoms with Crippen LogP contribution in [0.2, 0.25) is 0 Å². The van der Waals surface area contributed by atoms with Crippen molar-refractivity contribution in [2.24, 2.45) is 0 Å². The average molecular weight is 841 g/mol. The Morgan fingerprint density at radius 1 is 0.262 bits per heavy atom. The summed E-state index contributed by atoms with van der Waals surface area (Å²) in [6, 6.07) is 80.0. The van der Waals surface area contributed by atoms with E-state index in [-0.39, 0.29) is 0 Å². The predicted octanol–water partition coefficient (Wildman–Crippen LogP) is 17.5. The average Bonchev–Trinajstić information content (AvgIpc) is 3.76. The number of nitrogens with zero attached hydrogens (tertiary/aromatic N) is 2. The van der Waals surface area contributed by atoms with E-state index in [0.717, 1.165) is 33.6 Å².